The highest BCUT2D eigenvalue weighted by atomic mass is 35.5. The number of nitrogens with zero attached hydrogens (tertiary/aromatic N) is 1. The number of carbonyl (C=O) groups is 1. The standard InChI is InChI=1S/C22H24ClN3O3S/c1-12-2-7-15-17(10-12)30-22-20(15)21(29)25-18(26-22)8-9-19(28)24-11-16(27)13-3-5-14(23)6-4-13/h3-6,12,16,27H,2,7-11H2,1H3,(H,24,28)(H,25,26,29). The lowest BCUT2D eigenvalue weighted by atomic mass is 9.89. The molecule has 158 valence electrons. The molecular formula is C22H24ClN3O3S. The first-order valence-electron chi connectivity index (χ1n) is 10.1. The van der Waals surface area contributed by atoms with Crippen molar-refractivity contribution < 1.29 is 9.90 Å². The van der Waals surface area contributed by atoms with Crippen molar-refractivity contribution in [3.05, 3.63) is 61.5 Å². The first-order valence-corrected chi connectivity index (χ1v) is 11.3. The molecule has 1 aliphatic rings. The molecule has 0 fully saturated rings. The Bertz CT molecular complexity index is 1120. The molecule has 0 bridgehead atoms. The van der Waals surface area contributed by atoms with Gasteiger partial charge in [-0.2, -0.15) is 0 Å². The number of rotatable bonds is 6. The van der Waals surface area contributed by atoms with E-state index in [1.807, 2.05) is 0 Å². The molecule has 2 aromatic heterocycles. The Morgan fingerprint density at radius 3 is 2.93 bits per heavy atom. The van der Waals surface area contributed by atoms with Crippen molar-refractivity contribution in [2.24, 2.45) is 5.92 Å². The van der Waals surface area contributed by atoms with Crippen molar-refractivity contribution in [1.82, 2.24) is 15.3 Å². The van der Waals surface area contributed by atoms with Crippen LogP contribution in [0.15, 0.2) is 29.1 Å². The number of carbonyl (C=O) groups excluding carboxylic acids is 1. The van der Waals surface area contributed by atoms with E-state index in [-0.39, 0.29) is 24.4 Å². The summed E-state index contributed by atoms with van der Waals surface area (Å²) in [5.74, 6) is 0.952. The number of H-pyrrole nitrogens is 1. The lowest BCUT2D eigenvalue weighted by Crippen LogP contribution is -2.28. The van der Waals surface area contributed by atoms with Crippen LogP contribution < -0.4 is 10.9 Å². The van der Waals surface area contributed by atoms with Crippen LogP contribution in [0.5, 0.6) is 0 Å². The van der Waals surface area contributed by atoms with Gasteiger partial charge in [0.2, 0.25) is 5.91 Å². The molecular weight excluding hydrogens is 422 g/mol. The van der Waals surface area contributed by atoms with E-state index in [9.17, 15) is 14.7 Å². The van der Waals surface area contributed by atoms with E-state index in [0.717, 1.165) is 35.0 Å². The van der Waals surface area contributed by atoms with Gasteiger partial charge in [0, 0.05) is 29.3 Å². The summed E-state index contributed by atoms with van der Waals surface area (Å²) in [6.45, 7) is 2.35. The minimum atomic E-state index is -0.805. The van der Waals surface area contributed by atoms with Crippen LogP contribution in [-0.2, 0) is 24.1 Å². The average Bonchev–Trinajstić information content (AvgIpc) is 3.08. The van der Waals surface area contributed by atoms with Gasteiger partial charge in [-0.3, -0.25) is 9.59 Å². The van der Waals surface area contributed by atoms with Gasteiger partial charge >= 0.3 is 0 Å². The second kappa shape index (κ2) is 8.88. The highest BCUT2D eigenvalue weighted by molar-refractivity contribution is 7.18. The Morgan fingerprint density at radius 1 is 1.40 bits per heavy atom. The second-order valence-electron chi connectivity index (χ2n) is 7.92. The number of aryl methyl sites for hydroxylation is 2. The van der Waals surface area contributed by atoms with Gasteiger partial charge < -0.3 is 15.4 Å². The Morgan fingerprint density at radius 2 is 2.17 bits per heavy atom. The summed E-state index contributed by atoms with van der Waals surface area (Å²) < 4.78 is 0. The predicted molar refractivity (Wildman–Crippen MR) is 119 cm³/mol. The fraction of sp³-hybridized carbons (Fsp3) is 0.409. The van der Waals surface area contributed by atoms with E-state index in [1.54, 1.807) is 35.6 Å². The number of aromatic nitrogens is 2. The molecule has 8 heteroatoms. The number of amides is 1. The van der Waals surface area contributed by atoms with Gasteiger partial charge in [-0.05, 0) is 48.4 Å². The van der Waals surface area contributed by atoms with Gasteiger partial charge in [-0.25, -0.2) is 4.98 Å². The number of halogens is 1. The fourth-order valence-electron chi connectivity index (χ4n) is 3.85. The zero-order valence-electron chi connectivity index (χ0n) is 16.7. The van der Waals surface area contributed by atoms with Gasteiger partial charge in [0.1, 0.15) is 10.7 Å². The summed E-state index contributed by atoms with van der Waals surface area (Å²) in [5.41, 5.74) is 1.73. The van der Waals surface area contributed by atoms with Crippen molar-refractivity contribution in [2.75, 3.05) is 6.54 Å². The van der Waals surface area contributed by atoms with Crippen LogP contribution in [0.3, 0.4) is 0 Å². The van der Waals surface area contributed by atoms with Crippen molar-refractivity contribution in [3.8, 4) is 0 Å². The number of hydrogen-bond donors (Lipinski definition) is 3. The quantitative estimate of drug-likeness (QED) is 0.540. The number of hydrogen-bond acceptors (Lipinski definition) is 5. The number of aliphatic hydroxyl groups excluding tert-OH is 1. The van der Waals surface area contributed by atoms with Crippen LogP contribution in [0, 0.1) is 5.92 Å². The first kappa shape index (κ1) is 21.0. The number of benzene rings is 1. The predicted octanol–water partition coefficient (Wildman–Crippen LogP) is 3.55. The van der Waals surface area contributed by atoms with Crippen LogP contribution in [-0.4, -0.2) is 27.5 Å². The molecule has 0 radical (unpaired) electrons. The summed E-state index contributed by atoms with van der Waals surface area (Å²) in [5, 5.41) is 14.2. The molecule has 0 saturated carbocycles. The third kappa shape index (κ3) is 4.58. The van der Waals surface area contributed by atoms with Gasteiger partial charge in [0.25, 0.3) is 5.56 Å². The number of fused-ring (bicyclic) bond motifs is 3. The highest BCUT2D eigenvalue weighted by Gasteiger charge is 2.23. The van der Waals surface area contributed by atoms with Crippen LogP contribution in [0.25, 0.3) is 10.2 Å². The molecule has 0 saturated heterocycles. The van der Waals surface area contributed by atoms with Gasteiger partial charge in [-0.1, -0.05) is 30.7 Å². The Labute approximate surface area is 183 Å². The third-order valence-corrected chi connectivity index (χ3v) is 6.95. The maximum absolute atomic E-state index is 12.6. The topological polar surface area (TPSA) is 95.1 Å². The Kier molecular flexibility index (Phi) is 6.22. The maximum Gasteiger partial charge on any atom is 0.259 e. The van der Waals surface area contributed by atoms with E-state index in [1.165, 1.54) is 4.88 Å². The van der Waals surface area contributed by atoms with Crippen LogP contribution >= 0.6 is 22.9 Å². The Balaban J connectivity index is 1.37. The number of aliphatic hydroxyl groups is 1. The van der Waals surface area contributed by atoms with Crippen LogP contribution in [0.1, 0.15) is 47.7 Å². The minimum Gasteiger partial charge on any atom is -0.387 e. The summed E-state index contributed by atoms with van der Waals surface area (Å²) >= 11 is 7.45. The molecule has 1 amide bonds. The molecule has 6 nitrogen and oxygen atoms in total. The zero-order valence-corrected chi connectivity index (χ0v) is 18.3. The number of nitrogens with one attached hydrogen (secondary N) is 2. The lowest BCUT2D eigenvalue weighted by molar-refractivity contribution is -0.121. The molecule has 4 rings (SSSR count). The van der Waals surface area contributed by atoms with Crippen molar-refractivity contribution in [1.29, 1.82) is 0 Å². The van der Waals surface area contributed by atoms with E-state index in [4.69, 9.17) is 11.6 Å². The summed E-state index contributed by atoms with van der Waals surface area (Å²) in [7, 11) is 0. The zero-order chi connectivity index (χ0) is 21.3. The van der Waals surface area contributed by atoms with E-state index in [2.05, 4.69) is 22.2 Å². The molecule has 3 N–H and O–H groups in total. The molecule has 1 aliphatic carbocycles. The number of aromatic amines is 1. The van der Waals surface area contributed by atoms with Crippen LogP contribution in [0.2, 0.25) is 5.02 Å². The average molecular weight is 446 g/mol. The molecule has 2 heterocycles. The van der Waals surface area contributed by atoms with Gasteiger partial charge in [0.05, 0.1) is 11.5 Å². The van der Waals surface area contributed by atoms with Crippen molar-refractivity contribution in [3.63, 3.8) is 0 Å². The molecule has 3 aromatic rings. The number of thiophene rings is 1. The van der Waals surface area contributed by atoms with Crippen LogP contribution in [0.4, 0.5) is 0 Å². The van der Waals surface area contributed by atoms with E-state index >= 15 is 0 Å². The summed E-state index contributed by atoms with van der Waals surface area (Å²) in [6, 6.07) is 6.85. The van der Waals surface area contributed by atoms with Gasteiger partial charge in [0.15, 0.2) is 0 Å². The summed E-state index contributed by atoms with van der Waals surface area (Å²) in [6.07, 6.45) is 2.75. The lowest BCUT2D eigenvalue weighted by Gasteiger charge is -2.17. The monoisotopic (exact) mass is 445 g/mol. The molecule has 30 heavy (non-hydrogen) atoms. The highest BCUT2D eigenvalue weighted by Crippen LogP contribution is 2.35. The third-order valence-electron chi connectivity index (χ3n) is 5.55. The fourth-order valence-corrected chi connectivity index (χ4v) is 5.37. The van der Waals surface area contributed by atoms with Crippen molar-refractivity contribution >= 4 is 39.1 Å². The largest absolute Gasteiger partial charge is 0.387 e. The Hall–Kier alpha value is -2.22. The minimum absolute atomic E-state index is 0.110. The molecule has 0 spiro atoms. The normalized spacial score (nSPS) is 17.0. The van der Waals surface area contributed by atoms with Crippen molar-refractivity contribution in [2.45, 2.75) is 45.1 Å². The first-order chi connectivity index (χ1) is 14.4. The SMILES string of the molecule is CC1CCc2c(sc3nc(CCC(=O)NCC(O)c4ccc(Cl)cc4)[nH]c(=O)c23)C1. The summed E-state index contributed by atoms with van der Waals surface area (Å²) in [4.78, 5) is 34.3. The molecule has 2 unspecified atom stereocenters. The molecule has 1 aromatic carbocycles. The maximum atomic E-state index is 12.6. The molecule has 2 atom stereocenters. The second-order valence-corrected chi connectivity index (χ2v) is 9.44. The van der Waals surface area contributed by atoms with E-state index < -0.39 is 6.10 Å². The van der Waals surface area contributed by atoms with Gasteiger partial charge in [-0.15, -0.1) is 11.3 Å². The van der Waals surface area contributed by atoms with E-state index in [0.29, 0.717) is 28.7 Å². The smallest absolute Gasteiger partial charge is 0.259 e. The molecule has 0 aliphatic heterocycles.